The van der Waals surface area contributed by atoms with Gasteiger partial charge in [-0.15, -0.1) is 0 Å². The first-order valence-corrected chi connectivity index (χ1v) is 9.36. The second kappa shape index (κ2) is 9.53. The van der Waals surface area contributed by atoms with Gasteiger partial charge in [0.15, 0.2) is 6.61 Å². The average molecular weight is 449 g/mol. The zero-order chi connectivity index (χ0) is 22.4. The van der Waals surface area contributed by atoms with Crippen LogP contribution in [0, 0.1) is 0 Å². The van der Waals surface area contributed by atoms with Crippen LogP contribution in [0.4, 0.5) is 24.5 Å². The van der Waals surface area contributed by atoms with Gasteiger partial charge in [0.1, 0.15) is 5.75 Å². The zero-order valence-corrected chi connectivity index (χ0v) is 16.6. The van der Waals surface area contributed by atoms with Crippen LogP contribution in [0.1, 0.15) is 15.9 Å². The monoisotopic (exact) mass is 448 g/mol. The van der Waals surface area contributed by atoms with E-state index in [0.717, 1.165) is 12.1 Å². The number of carbonyl (C=O) groups is 2. The Kier molecular flexibility index (Phi) is 6.81. The molecular formula is C22H16ClF3N2O3. The Morgan fingerprint density at radius 2 is 1.61 bits per heavy atom. The predicted octanol–water partition coefficient (Wildman–Crippen LogP) is 5.63. The van der Waals surface area contributed by atoms with Crippen molar-refractivity contribution in [3.8, 4) is 5.75 Å². The normalized spacial score (nSPS) is 11.0. The zero-order valence-electron chi connectivity index (χ0n) is 15.9. The van der Waals surface area contributed by atoms with Crippen LogP contribution in [0.25, 0.3) is 0 Å². The molecule has 3 rings (SSSR count). The van der Waals surface area contributed by atoms with E-state index in [-0.39, 0.29) is 23.5 Å². The van der Waals surface area contributed by atoms with Crippen molar-refractivity contribution in [2.24, 2.45) is 0 Å². The van der Waals surface area contributed by atoms with Crippen LogP contribution in [0.5, 0.6) is 5.75 Å². The predicted molar refractivity (Wildman–Crippen MR) is 111 cm³/mol. The summed E-state index contributed by atoms with van der Waals surface area (Å²) < 4.78 is 44.0. The van der Waals surface area contributed by atoms with Crippen LogP contribution in [-0.2, 0) is 11.0 Å². The standard InChI is InChI=1S/C22H16ClF3N2O3/c23-15-8-10-17(11-9-15)31-13-20(29)28-19-7-2-1-6-18(19)21(30)27-16-5-3-4-14(12-16)22(24,25)26/h1-12H,13H2,(H,27,30)(H,28,29). The van der Waals surface area contributed by atoms with E-state index >= 15 is 0 Å². The van der Waals surface area contributed by atoms with Gasteiger partial charge in [-0.2, -0.15) is 13.2 Å². The van der Waals surface area contributed by atoms with Crippen molar-refractivity contribution in [3.05, 3.63) is 88.9 Å². The molecule has 31 heavy (non-hydrogen) atoms. The van der Waals surface area contributed by atoms with Crippen LogP contribution in [0.15, 0.2) is 72.8 Å². The molecule has 160 valence electrons. The molecule has 0 fully saturated rings. The average Bonchev–Trinajstić information content (AvgIpc) is 2.73. The van der Waals surface area contributed by atoms with Gasteiger partial charge in [0.2, 0.25) is 0 Å². The van der Waals surface area contributed by atoms with Crippen LogP contribution >= 0.6 is 11.6 Å². The Morgan fingerprint density at radius 3 is 2.32 bits per heavy atom. The Labute approximate surface area is 180 Å². The highest BCUT2D eigenvalue weighted by atomic mass is 35.5. The Bertz CT molecular complexity index is 1090. The fourth-order valence-corrected chi connectivity index (χ4v) is 2.75. The molecule has 0 aromatic heterocycles. The van der Waals surface area contributed by atoms with Crippen molar-refractivity contribution >= 4 is 34.8 Å². The Hall–Kier alpha value is -3.52. The van der Waals surface area contributed by atoms with E-state index in [1.54, 1.807) is 36.4 Å². The molecule has 0 radical (unpaired) electrons. The first-order valence-electron chi connectivity index (χ1n) is 8.98. The second-order valence-electron chi connectivity index (χ2n) is 6.37. The highest BCUT2D eigenvalue weighted by Crippen LogP contribution is 2.31. The van der Waals surface area contributed by atoms with Gasteiger partial charge < -0.3 is 15.4 Å². The van der Waals surface area contributed by atoms with E-state index < -0.39 is 23.6 Å². The molecule has 5 nitrogen and oxygen atoms in total. The smallest absolute Gasteiger partial charge is 0.416 e. The largest absolute Gasteiger partial charge is 0.484 e. The topological polar surface area (TPSA) is 67.4 Å². The number of nitrogens with one attached hydrogen (secondary N) is 2. The molecule has 3 aromatic rings. The van der Waals surface area contributed by atoms with Crippen LogP contribution in [-0.4, -0.2) is 18.4 Å². The van der Waals surface area contributed by atoms with Crippen LogP contribution < -0.4 is 15.4 Å². The number of hydrogen-bond donors (Lipinski definition) is 2. The van der Waals surface area contributed by atoms with Crippen molar-refractivity contribution in [2.45, 2.75) is 6.18 Å². The SMILES string of the molecule is O=C(COc1ccc(Cl)cc1)Nc1ccccc1C(=O)Nc1cccc(C(F)(F)F)c1. The van der Waals surface area contributed by atoms with E-state index in [2.05, 4.69) is 10.6 Å². The minimum absolute atomic E-state index is 0.0213. The van der Waals surface area contributed by atoms with E-state index in [1.165, 1.54) is 24.3 Å². The first-order chi connectivity index (χ1) is 14.7. The van der Waals surface area contributed by atoms with E-state index in [9.17, 15) is 22.8 Å². The van der Waals surface area contributed by atoms with Gasteiger partial charge in [0.25, 0.3) is 11.8 Å². The number of para-hydroxylation sites is 1. The van der Waals surface area contributed by atoms with Crippen molar-refractivity contribution in [2.75, 3.05) is 17.2 Å². The molecule has 0 aliphatic carbocycles. The molecule has 0 spiro atoms. The van der Waals surface area contributed by atoms with Crippen LogP contribution in [0.3, 0.4) is 0 Å². The Morgan fingerprint density at radius 1 is 0.903 bits per heavy atom. The number of carbonyl (C=O) groups excluding carboxylic acids is 2. The number of benzene rings is 3. The van der Waals surface area contributed by atoms with E-state index in [4.69, 9.17) is 16.3 Å². The molecule has 2 N–H and O–H groups in total. The van der Waals surface area contributed by atoms with Crippen molar-refractivity contribution < 1.29 is 27.5 Å². The number of rotatable bonds is 6. The molecule has 9 heteroatoms. The number of halogens is 4. The number of amides is 2. The van der Waals surface area contributed by atoms with Crippen molar-refractivity contribution in [1.82, 2.24) is 0 Å². The fourth-order valence-electron chi connectivity index (χ4n) is 2.63. The summed E-state index contributed by atoms with van der Waals surface area (Å²) in [4.78, 5) is 24.8. The lowest BCUT2D eigenvalue weighted by atomic mass is 10.1. The third-order valence-corrected chi connectivity index (χ3v) is 4.33. The first kappa shape index (κ1) is 22.2. The molecule has 0 bridgehead atoms. The van der Waals surface area contributed by atoms with E-state index in [1.807, 2.05) is 0 Å². The van der Waals surface area contributed by atoms with Gasteiger partial charge in [-0.05, 0) is 54.6 Å². The molecule has 0 heterocycles. The maximum Gasteiger partial charge on any atom is 0.416 e. The maximum atomic E-state index is 12.9. The molecule has 0 atom stereocenters. The molecular weight excluding hydrogens is 433 g/mol. The lowest BCUT2D eigenvalue weighted by Crippen LogP contribution is -2.22. The maximum absolute atomic E-state index is 12.9. The van der Waals surface area contributed by atoms with Gasteiger partial charge in [0, 0.05) is 10.7 Å². The molecule has 0 unspecified atom stereocenters. The summed E-state index contributed by atoms with van der Waals surface area (Å²) in [7, 11) is 0. The number of anilines is 2. The summed E-state index contributed by atoms with van der Waals surface area (Å²) in [5.41, 5.74) is -0.630. The lowest BCUT2D eigenvalue weighted by molar-refractivity contribution is -0.137. The number of ether oxygens (including phenoxy) is 1. The quantitative estimate of drug-likeness (QED) is 0.513. The van der Waals surface area contributed by atoms with Crippen LogP contribution in [0.2, 0.25) is 5.02 Å². The number of hydrogen-bond acceptors (Lipinski definition) is 3. The third kappa shape index (κ3) is 6.23. The van der Waals surface area contributed by atoms with Crippen molar-refractivity contribution in [3.63, 3.8) is 0 Å². The van der Waals surface area contributed by atoms with Gasteiger partial charge >= 0.3 is 6.18 Å². The summed E-state index contributed by atoms with van der Waals surface area (Å²) >= 11 is 5.79. The van der Waals surface area contributed by atoms with Gasteiger partial charge in [-0.25, -0.2) is 0 Å². The minimum Gasteiger partial charge on any atom is -0.484 e. The fraction of sp³-hybridized carbons (Fsp3) is 0.0909. The summed E-state index contributed by atoms with van der Waals surface area (Å²) in [6.45, 7) is -0.314. The molecule has 2 amide bonds. The van der Waals surface area contributed by atoms with E-state index in [0.29, 0.717) is 10.8 Å². The minimum atomic E-state index is -4.53. The summed E-state index contributed by atoms with van der Waals surface area (Å²) in [5.74, 6) is -0.752. The van der Waals surface area contributed by atoms with Gasteiger partial charge in [-0.3, -0.25) is 9.59 Å². The molecule has 3 aromatic carbocycles. The summed E-state index contributed by atoms with van der Waals surface area (Å²) in [5, 5.41) is 5.50. The summed E-state index contributed by atoms with van der Waals surface area (Å²) in [6.07, 6.45) is -4.53. The van der Waals surface area contributed by atoms with Gasteiger partial charge in [-0.1, -0.05) is 29.8 Å². The van der Waals surface area contributed by atoms with Gasteiger partial charge in [0.05, 0.1) is 16.8 Å². The molecule has 0 aliphatic rings. The second-order valence-corrected chi connectivity index (χ2v) is 6.81. The highest BCUT2D eigenvalue weighted by Gasteiger charge is 2.30. The summed E-state index contributed by atoms with van der Waals surface area (Å²) in [6, 6.07) is 16.8. The third-order valence-electron chi connectivity index (χ3n) is 4.08. The lowest BCUT2D eigenvalue weighted by Gasteiger charge is -2.13. The molecule has 0 saturated carbocycles. The van der Waals surface area contributed by atoms with Crippen molar-refractivity contribution in [1.29, 1.82) is 0 Å². The number of alkyl halides is 3. The molecule has 0 aliphatic heterocycles. The highest BCUT2D eigenvalue weighted by molar-refractivity contribution is 6.30. The Balaban J connectivity index is 1.67. The molecule has 0 saturated heterocycles.